The van der Waals surface area contributed by atoms with E-state index in [0.717, 1.165) is 18.2 Å². The van der Waals surface area contributed by atoms with Crippen LogP contribution in [0.1, 0.15) is 10.4 Å². The van der Waals surface area contributed by atoms with Crippen LogP contribution in [0, 0.1) is 5.82 Å². The molecule has 1 atom stereocenters. The lowest BCUT2D eigenvalue weighted by molar-refractivity contribution is -0.201. The molecule has 0 fully saturated rings. The van der Waals surface area contributed by atoms with Crippen LogP contribution in [-0.4, -0.2) is 29.8 Å². The maximum Gasteiger partial charge on any atom is 0.416 e. The summed E-state index contributed by atoms with van der Waals surface area (Å²) in [5, 5.41) is 10.5. The summed E-state index contributed by atoms with van der Waals surface area (Å²) in [7, 11) is 0. The molecule has 1 aromatic rings. The van der Waals surface area contributed by atoms with Crippen molar-refractivity contribution in [1.82, 2.24) is 5.32 Å². The van der Waals surface area contributed by atoms with Crippen LogP contribution in [0.5, 0.6) is 0 Å². The highest BCUT2D eigenvalue weighted by Crippen LogP contribution is 2.19. The molecular weight excluding hydrogens is 256 g/mol. The molecule has 18 heavy (non-hydrogen) atoms. The average molecular weight is 266 g/mol. The van der Waals surface area contributed by atoms with Gasteiger partial charge in [-0.25, -0.2) is 4.39 Å². The van der Waals surface area contributed by atoms with Crippen LogP contribution in [0.15, 0.2) is 18.2 Å². The third-order valence-corrected chi connectivity index (χ3v) is 2.09. The number of halogens is 4. The van der Waals surface area contributed by atoms with Crippen LogP contribution >= 0.6 is 0 Å². The van der Waals surface area contributed by atoms with Crippen molar-refractivity contribution in [2.75, 3.05) is 12.3 Å². The minimum absolute atomic E-state index is 0.0942. The maximum absolute atomic E-state index is 12.8. The molecule has 1 unspecified atom stereocenters. The first-order valence-electron chi connectivity index (χ1n) is 4.80. The van der Waals surface area contributed by atoms with Crippen molar-refractivity contribution in [2.45, 2.75) is 12.3 Å². The molecule has 0 aromatic heterocycles. The molecule has 0 saturated carbocycles. The largest absolute Gasteiger partial charge is 0.416 e. The standard InChI is InChI=1S/C10H10F4N2O2/c11-6-2-1-5(3-7(6)15)9(18)16-4-8(17)10(12,13)14/h1-3,8,17H,4,15H2,(H,16,18). The normalized spacial score (nSPS) is 13.2. The summed E-state index contributed by atoms with van der Waals surface area (Å²) in [6.07, 6.45) is -7.46. The number of aliphatic hydroxyl groups excluding tert-OH is 1. The van der Waals surface area contributed by atoms with Gasteiger partial charge in [-0.3, -0.25) is 4.79 Å². The van der Waals surface area contributed by atoms with E-state index in [1.165, 1.54) is 0 Å². The van der Waals surface area contributed by atoms with E-state index in [-0.39, 0.29) is 11.3 Å². The Bertz CT molecular complexity index is 448. The van der Waals surface area contributed by atoms with Crippen molar-refractivity contribution >= 4 is 11.6 Å². The van der Waals surface area contributed by atoms with Crippen molar-refractivity contribution < 1.29 is 27.5 Å². The van der Waals surface area contributed by atoms with Gasteiger partial charge in [0.15, 0.2) is 6.10 Å². The zero-order chi connectivity index (χ0) is 13.9. The van der Waals surface area contributed by atoms with Crippen LogP contribution in [0.3, 0.4) is 0 Å². The zero-order valence-corrected chi connectivity index (χ0v) is 8.96. The number of hydrogen-bond acceptors (Lipinski definition) is 3. The fourth-order valence-corrected chi connectivity index (χ4v) is 1.09. The number of amides is 1. The Morgan fingerprint density at radius 3 is 2.56 bits per heavy atom. The summed E-state index contributed by atoms with van der Waals surface area (Å²) in [5.41, 5.74) is 4.81. The first-order chi connectivity index (χ1) is 8.21. The van der Waals surface area contributed by atoms with Gasteiger partial charge in [0, 0.05) is 5.56 Å². The van der Waals surface area contributed by atoms with E-state index < -0.39 is 30.5 Å². The summed E-state index contributed by atoms with van der Waals surface area (Å²) in [4.78, 5) is 11.4. The van der Waals surface area contributed by atoms with Crippen LogP contribution in [0.4, 0.5) is 23.2 Å². The lowest BCUT2D eigenvalue weighted by atomic mass is 10.2. The number of nitrogens with two attached hydrogens (primary N) is 1. The van der Waals surface area contributed by atoms with Gasteiger partial charge in [0.25, 0.3) is 5.91 Å². The highest BCUT2D eigenvalue weighted by Gasteiger charge is 2.38. The van der Waals surface area contributed by atoms with Gasteiger partial charge in [-0.15, -0.1) is 0 Å². The Kier molecular flexibility index (Phi) is 4.12. The van der Waals surface area contributed by atoms with Gasteiger partial charge in [-0.05, 0) is 18.2 Å². The molecule has 0 aliphatic heterocycles. The Morgan fingerprint density at radius 1 is 1.44 bits per heavy atom. The summed E-state index contributed by atoms with van der Waals surface area (Å²) >= 11 is 0. The molecule has 0 aliphatic carbocycles. The lowest BCUT2D eigenvalue weighted by Crippen LogP contribution is -2.40. The van der Waals surface area contributed by atoms with Crippen molar-refractivity contribution in [3.05, 3.63) is 29.6 Å². The molecule has 1 aromatic carbocycles. The molecular formula is C10H10F4N2O2. The number of hydrogen-bond donors (Lipinski definition) is 3. The number of aliphatic hydroxyl groups is 1. The van der Waals surface area contributed by atoms with Crippen molar-refractivity contribution in [3.63, 3.8) is 0 Å². The second kappa shape index (κ2) is 5.21. The predicted octanol–water partition coefficient (Wildman–Crippen LogP) is 1.06. The quantitative estimate of drug-likeness (QED) is 0.565. The molecule has 4 nitrogen and oxygen atoms in total. The molecule has 0 heterocycles. The third kappa shape index (κ3) is 3.59. The van der Waals surface area contributed by atoms with Gasteiger partial charge in [-0.2, -0.15) is 13.2 Å². The fraction of sp³-hybridized carbons (Fsp3) is 0.300. The topological polar surface area (TPSA) is 75.4 Å². The van der Waals surface area contributed by atoms with Gasteiger partial charge in [-0.1, -0.05) is 0 Å². The summed E-state index contributed by atoms with van der Waals surface area (Å²) in [6, 6.07) is 2.98. The number of carbonyl (C=O) groups is 1. The van der Waals surface area contributed by atoms with Gasteiger partial charge >= 0.3 is 6.18 Å². The monoisotopic (exact) mass is 266 g/mol. The molecule has 0 aliphatic rings. The predicted molar refractivity (Wildman–Crippen MR) is 55.2 cm³/mol. The number of rotatable bonds is 3. The smallest absolute Gasteiger partial charge is 0.396 e. The number of anilines is 1. The van der Waals surface area contributed by atoms with Crippen LogP contribution < -0.4 is 11.1 Å². The number of benzene rings is 1. The molecule has 1 amide bonds. The Labute approximate surface area is 99.4 Å². The van der Waals surface area contributed by atoms with Crippen LogP contribution in [0.2, 0.25) is 0 Å². The zero-order valence-electron chi connectivity index (χ0n) is 8.96. The van der Waals surface area contributed by atoms with E-state index in [9.17, 15) is 22.4 Å². The summed E-state index contributed by atoms with van der Waals surface area (Å²) < 4.78 is 48.6. The molecule has 0 saturated heterocycles. The van der Waals surface area contributed by atoms with Gasteiger partial charge in [0.05, 0.1) is 12.2 Å². The SMILES string of the molecule is Nc1cc(C(=O)NCC(O)C(F)(F)F)ccc1F. The highest BCUT2D eigenvalue weighted by atomic mass is 19.4. The molecule has 0 bridgehead atoms. The summed E-state index contributed by atoms with van der Waals surface area (Å²) in [6.45, 7) is -0.986. The number of nitrogen functional groups attached to an aromatic ring is 1. The van der Waals surface area contributed by atoms with Crippen LogP contribution in [-0.2, 0) is 0 Å². The van der Waals surface area contributed by atoms with Crippen molar-refractivity contribution in [2.24, 2.45) is 0 Å². The van der Waals surface area contributed by atoms with Crippen LogP contribution in [0.25, 0.3) is 0 Å². The van der Waals surface area contributed by atoms with E-state index in [4.69, 9.17) is 10.8 Å². The number of carbonyl (C=O) groups excluding carboxylic acids is 1. The van der Waals surface area contributed by atoms with E-state index in [1.807, 2.05) is 5.32 Å². The fourth-order valence-electron chi connectivity index (χ4n) is 1.09. The molecule has 0 spiro atoms. The third-order valence-electron chi connectivity index (χ3n) is 2.09. The van der Waals surface area contributed by atoms with Gasteiger partial charge < -0.3 is 16.2 Å². The Hall–Kier alpha value is -1.83. The summed E-state index contributed by atoms with van der Waals surface area (Å²) in [5.74, 6) is -1.62. The van der Waals surface area contributed by atoms with E-state index in [0.29, 0.717) is 0 Å². The second-order valence-corrected chi connectivity index (χ2v) is 3.50. The van der Waals surface area contributed by atoms with E-state index >= 15 is 0 Å². The minimum atomic E-state index is -4.81. The first kappa shape index (κ1) is 14.2. The number of alkyl halides is 3. The van der Waals surface area contributed by atoms with E-state index in [1.54, 1.807) is 0 Å². The van der Waals surface area contributed by atoms with Crippen molar-refractivity contribution in [3.8, 4) is 0 Å². The Balaban J connectivity index is 2.63. The second-order valence-electron chi connectivity index (χ2n) is 3.50. The molecule has 4 N–H and O–H groups in total. The van der Waals surface area contributed by atoms with E-state index in [2.05, 4.69) is 0 Å². The minimum Gasteiger partial charge on any atom is -0.396 e. The average Bonchev–Trinajstić information content (AvgIpc) is 2.27. The van der Waals surface area contributed by atoms with Gasteiger partial charge in [0.1, 0.15) is 5.82 Å². The van der Waals surface area contributed by atoms with Gasteiger partial charge in [0.2, 0.25) is 0 Å². The van der Waals surface area contributed by atoms with Crippen molar-refractivity contribution in [1.29, 1.82) is 0 Å². The number of nitrogens with one attached hydrogen (secondary N) is 1. The molecule has 1 rings (SSSR count). The Morgan fingerprint density at radius 2 is 2.06 bits per heavy atom. The molecule has 100 valence electrons. The molecule has 0 radical (unpaired) electrons. The lowest BCUT2D eigenvalue weighted by Gasteiger charge is -2.15. The molecule has 8 heteroatoms. The first-order valence-corrected chi connectivity index (χ1v) is 4.80. The highest BCUT2D eigenvalue weighted by molar-refractivity contribution is 5.95. The maximum atomic E-state index is 12.8.